The lowest BCUT2D eigenvalue weighted by atomic mass is 9.85. The van der Waals surface area contributed by atoms with Crippen LogP contribution in [0.2, 0.25) is 0 Å². The highest BCUT2D eigenvalue weighted by atomic mass is 16.4. The monoisotopic (exact) mass is 223 g/mol. The van der Waals surface area contributed by atoms with Gasteiger partial charge in [0.05, 0.1) is 12.2 Å². The molecule has 5 nitrogen and oxygen atoms in total. The third-order valence-corrected chi connectivity index (χ3v) is 3.50. The van der Waals surface area contributed by atoms with Crippen LogP contribution in [-0.4, -0.2) is 26.1 Å². The highest BCUT2D eigenvalue weighted by Crippen LogP contribution is 2.33. The molecule has 1 aliphatic rings. The van der Waals surface area contributed by atoms with Crippen LogP contribution < -0.4 is 0 Å². The third kappa shape index (κ3) is 2.23. The predicted molar refractivity (Wildman–Crippen MR) is 58.3 cm³/mol. The fourth-order valence-electron chi connectivity index (χ4n) is 2.37. The zero-order chi connectivity index (χ0) is 11.5. The van der Waals surface area contributed by atoms with Gasteiger partial charge in [-0.25, -0.2) is 9.48 Å². The van der Waals surface area contributed by atoms with Crippen molar-refractivity contribution >= 4 is 5.97 Å². The Morgan fingerprint density at radius 3 is 2.69 bits per heavy atom. The number of aromatic nitrogens is 3. The van der Waals surface area contributed by atoms with Crippen molar-refractivity contribution < 1.29 is 9.90 Å². The molecule has 88 valence electrons. The van der Waals surface area contributed by atoms with Gasteiger partial charge in [0.15, 0.2) is 5.69 Å². The zero-order valence-electron chi connectivity index (χ0n) is 9.46. The van der Waals surface area contributed by atoms with E-state index in [1.165, 1.54) is 19.3 Å². The summed E-state index contributed by atoms with van der Waals surface area (Å²) in [5.74, 6) is -0.174. The molecule has 1 aromatic heterocycles. The maximum Gasteiger partial charge on any atom is 0.358 e. The van der Waals surface area contributed by atoms with Crippen molar-refractivity contribution in [3.05, 3.63) is 11.9 Å². The van der Waals surface area contributed by atoms with Gasteiger partial charge < -0.3 is 5.11 Å². The van der Waals surface area contributed by atoms with E-state index in [1.807, 2.05) is 0 Å². The number of hydrogen-bond donors (Lipinski definition) is 1. The van der Waals surface area contributed by atoms with E-state index in [1.54, 1.807) is 10.9 Å². The topological polar surface area (TPSA) is 68.0 Å². The second-order valence-corrected chi connectivity index (χ2v) is 4.47. The summed E-state index contributed by atoms with van der Waals surface area (Å²) < 4.78 is 1.72. The Kier molecular flexibility index (Phi) is 3.22. The maximum atomic E-state index is 10.7. The van der Waals surface area contributed by atoms with Gasteiger partial charge in [-0.2, -0.15) is 0 Å². The van der Waals surface area contributed by atoms with Gasteiger partial charge in [0.2, 0.25) is 0 Å². The van der Waals surface area contributed by atoms with Gasteiger partial charge in [0, 0.05) is 0 Å². The van der Waals surface area contributed by atoms with Crippen LogP contribution in [0.4, 0.5) is 0 Å². The van der Waals surface area contributed by atoms with Crippen LogP contribution in [0.15, 0.2) is 6.20 Å². The fourth-order valence-corrected chi connectivity index (χ4v) is 2.37. The number of carboxylic acids is 1. The summed E-state index contributed by atoms with van der Waals surface area (Å²) in [6, 6.07) is 0.336. The van der Waals surface area contributed by atoms with Crippen LogP contribution in [0.25, 0.3) is 0 Å². The van der Waals surface area contributed by atoms with Crippen LogP contribution in [0.1, 0.15) is 55.6 Å². The first-order valence-electron chi connectivity index (χ1n) is 5.85. The molecule has 0 bridgehead atoms. The van der Waals surface area contributed by atoms with E-state index < -0.39 is 5.97 Å². The van der Waals surface area contributed by atoms with Crippen LogP contribution in [-0.2, 0) is 0 Å². The van der Waals surface area contributed by atoms with E-state index in [-0.39, 0.29) is 5.69 Å². The first-order chi connectivity index (χ1) is 7.70. The van der Waals surface area contributed by atoms with Crippen molar-refractivity contribution in [2.75, 3.05) is 0 Å². The average molecular weight is 223 g/mol. The molecule has 1 aromatic rings. The molecule has 0 aromatic carbocycles. The molecule has 0 radical (unpaired) electrons. The maximum absolute atomic E-state index is 10.7. The second kappa shape index (κ2) is 4.63. The number of aromatic carboxylic acids is 1. The number of carboxylic acid groups (broad SMARTS) is 1. The Balaban J connectivity index is 2.00. The molecule has 0 amide bonds. The average Bonchev–Trinajstić information content (AvgIpc) is 2.78. The van der Waals surface area contributed by atoms with Crippen LogP contribution >= 0.6 is 0 Å². The molecule has 1 saturated carbocycles. The van der Waals surface area contributed by atoms with E-state index in [9.17, 15) is 4.79 Å². The first-order valence-corrected chi connectivity index (χ1v) is 5.85. The molecular formula is C11H17N3O2. The second-order valence-electron chi connectivity index (χ2n) is 4.47. The molecule has 0 unspecified atom stereocenters. The molecule has 1 heterocycles. The first kappa shape index (κ1) is 11.1. The van der Waals surface area contributed by atoms with Crippen LogP contribution in [0.5, 0.6) is 0 Å². The molecule has 2 rings (SSSR count). The lowest BCUT2D eigenvalue weighted by Crippen LogP contribution is -2.18. The van der Waals surface area contributed by atoms with Crippen molar-refractivity contribution in [1.82, 2.24) is 15.0 Å². The van der Waals surface area contributed by atoms with Gasteiger partial charge in [-0.3, -0.25) is 0 Å². The summed E-state index contributed by atoms with van der Waals surface area (Å²) >= 11 is 0. The molecule has 0 aliphatic heterocycles. The smallest absolute Gasteiger partial charge is 0.358 e. The third-order valence-electron chi connectivity index (χ3n) is 3.50. The van der Waals surface area contributed by atoms with Crippen LogP contribution in [0, 0.1) is 5.92 Å². The molecule has 0 atom stereocenters. The largest absolute Gasteiger partial charge is 0.476 e. The van der Waals surface area contributed by atoms with Gasteiger partial charge in [-0.05, 0) is 31.6 Å². The van der Waals surface area contributed by atoms with Crippen molar-refractivity contribution in [2.24, 2.45) is 5.92 Å². The predicted octanol–water partition coefficient (Wildman–Crippen LogP) is 2.12. The number of carbonyl (C=O) groups is 1. The molecule has 1 fully saturated rings. The quantitative estimate of drug-likeness (QED) is 0.852. The zero-order valence-corrected chi connectivity index (χ0v) is 9.46. The van der Waals surface area contributed by atoms with Gasteiger partial charge in [-0.1, -0.05) is 18.6 Å². The lowest BCUT2D eigenvalue weighted by Gasteiger charge is -2.27. The van der Waals surface area contributed by atoms with E-state index in [0.29, 0.717) is 6.04 Å². The minimum atomic E-state index is -1.01. The van der Waals surface area contributed by atoms with Gasteiger partial charge in [0.1, 0.15) is 0 Å². The van der Waals surface area contributed by atoms with E-state index >= 15 is 0 Å². The minimum Gasteiger partial charge on any atom is -0.476 e. The minimum absolute atomic E-state index is 0.0395. The van der Waals surface area contributed by atoms with Crippen molar-refractivity contribution in [1.29, 1.82) is 0 Å². The lowest BCUT2D eigenvalue weighted by molar-refractivity contribution is 0.0690. The van der Waals surface area contributed by atoms with E-state index in [4.69, 9.17) is 5.11 Å². The summed E-state index contributed by atoms with van der Waals surface area (Å²) in [7, 11) is 0. The molecule has 0 saturated heterocycles. The van der Waals surface area contributed by atoms with Crippen LogP contribution in [0.3, 0.4) is 0 Å². The molecule has 16 heavy (non-hydrogen) atoms. The molecule has 1 N–H and O–H groups in total. The molecular weight excluding hydrogens is 206 g/mol. The van der Waals surface area contributed by atoms with E-state index in [2.05, 4.69) is 17.2 Å². The number of rotatable bonds is 3. The number of nitrogens with zero attached hydrogens (tertiary/aromatic N) is 3. The standard InChI is InChI=1S/C11H17N3O2/c1-2-8-3-5-9(6-4-8)14-7-10(11(15)16)12-13-14/h7-9H,2-6H2,1H3,(H,15,16). The normalized spacial score (nSPS) is 25.6. The summed E-state index contributed by atoms with van der Waals surface area (Å²) in [4.78, 5) is 10.7. The Hall–Kier alpha value is -1.39. The van der Waals surface area contributed by atoms with Gasteiger partial charge in [0.25, 0.3) is 0 Å². The van der Waals surface area contributed by atoms with Gasteiger partial charge >= 0.3 is 5.97 Å². The highest BCUT2D eigenvalue weighted by molar-refractivity contribution is 5.84. The van der Waals surface area contributed by atoms with Crippen molar-refractivity contribution in [3.63, 3.8) is 0 Å². The van der Waals surface area contributed by atoms with Crippen molar-refractivity contribution in [3.8, 4) is 0 Å². The summed E-state index contributed by atoms with van der Waals surface area (Å²) in [5, 5.41) is 16.3. The Labute approximate surface area is 94.5 Å². The summed E-state index contributed by atoms with van der Waals surface area (Å²) in [6.07, 6.45) is 7.37. The molecule has 1 aliphatic carbocycles. The molecule has 0 spiro atoms. The van der Waals surface area contributed by atoms with E-state index in [0.717, 1.165) is 18.8 Å². The number of hydrogen-bond acceptors (Lipinski definition) is 3. The van der Waals surface area contributed by atoms with Crippen molar-refractivity contribution in [2.45, 2.75) is 45.1 Å². The fraction of sp³-hybridized carbons (Fsp3) is 0.727. The Bertz CT molecular complexity index is 367. The summed E-state index contributed by atoms with van der Waals surface area (Å²) in [6.45, 7) is 2.23. The SMILES string of the molecule is CCC1CCC(n2cc(C(=O)O)nn2)CC1. The van der Waals surface area contributed by atoms with Gasteiger partial charge in [-0.15, -0.1) is 5.10 Å². The Morgan fingerprint density at radius 2 is 2.19 bits per heavy atom. The Morgan fingerprint density at radius 1 is 1.50 bits per heavy atom. The highest BCUT2D eigenvalue weighted by Gasteiger charge is 2.22. The molecule has 5 heteroatoms. The summed E-state index contributed by atoms with van der Waals surface area (Å²) in [5.41, 5.74) is 0.0395.